The van der Waals surface area contributed by atoms with Crippen molar-refractivity contribution in [2.75, 3.05) is 6.61 Å². The van der Waals surface area contributed by atoms with Crippen molar-refractivity contribution < 1.29 is 4.74 Å². The van der Waals surface area contributed by atoms with Gasteiger partial charge in [-0.05, 0) is 25.6 Å². The van der Waals surface area contributed by atoms with E-state index in [4.69, 9.17) is 17.0 Å². The summed E-state index contributed by atoms with van der Waals surface area (Å²) in [4.78, 5) is 3.04. The minimum absolute atomic E-state index is 0.177. The Morgan fingerprint density at radius 3 is 2.87 bits per heavy atom. The standard InChI is InChI=1S/C11H18N2OS/c1-4-14-9-7-8(11(9,2)3)13-6-5-12-10(13)15/h5-6,8-9H,4,7H2,1-3H3,(H,12,15). The molecule has 1 N–H and O–H groups in total. The Labute approximate surface area is 95.5 Å². The van der Waals surface area contributed by atoms with Crippen LogP contribution in [-0.4, -0.2) is 22.3 Å². The van der Waals surface area contributed by atoms with Gasteiger partial charge in [0, 0.05) is 30.5 Å². The zero-order chi connectivity index (χ0) is 11.1. The molecule has 2 unspecified atom stereocenters. The second kappa shape index (κ2) is 3.76. The Morgan fingerprint density at radius 1 is 1.67 bits per heavy atom. The summed E-state index contributed by atoms with van der Waals surface area (Å²) in [6.07, 6.45) is 5.35. The van der Waals surface area contributed by atoms with Crippen LogP contribution in [0.15, 0.2) is 12.4 Å². The summed E-state index contributed by atoms with van der Waals surface area (Å²) < 4.78 is 8.66. The van der Waals surface area contributed by atoms with Crippen LogP contribution >= 0.6 is 12.2 Å². The molecule has 0 aliphatic heterocycles. The van der Waals surface area contributed by atoms with Crippen LogP contribution < -0.4 is 0 Å². The first-order chi connectivity index (χ1) is 7.07. The lowest BCUT2D eigenvalue weighted by Crippen LogP contribution is -2.51. The van der Waals surface area contributed by atoms with Gasteiger partial charge >= 0.3 is 0 Å². The van der Waals surface area contributed by atoms with Crippen LogP contribution in [0.2, 0.25) is 0 Å². The van der Waals surface area contributed by atoms with E-state index in [0.717, 1.165) is 17.8 Å². The molecule has 0 spiro atoms. The van der Waals surface area contributed by atoms with Gasteiger partial charge < -0.3 is 14.3 Å². The molecule has 0 saturated heterocycles. The third-order valence-corrected chi connectivity index (χ3v) is 3.83. The molecule has 1 aromatic heterocycles. The first kappa shape index (κ1) is 10.9. The number of aromatic amines is 1. The van der Waals surface area contributed by atoms with E-state index in [1.807, 2.05) is 19.3 Å². The second-order valence-corrected chi connectivity index (χ2v) is 5.08. The van der Waals surface area contributed by atoms with E-state index < -0.39 is 0 Å². The minimum atomic E-state index is 0.177. The summed E-state index contributed by atoms with van der Waals surface area (Å²) in [6.45, 7) is 7.33. The van der Waals surface area contributed by atoms with E-state index in [-0.39, 0.29) is 5.41 Å². The molecular weight excluding hydrogens is 208 g/mol. The molecule has 2 rings (SSSR count). The van der Waals surface area contributed by atoms with Crippen molar-refractivity contribution in [1.29, 1.82) is 0 Å². The maximum Gasteiger partial charge on any atom is 0.177 e. The van der Waals surface area contributed by atoms with Gasteiger partial charge in [0.25, 0.3) is 0 Å². The quantitative estimate of drug-likeness (QED) is 0.803. The van der Waals surface area contributed by atoms with Crippen molar-refractivity contribution in [3.8, 4) is 0 Å². The predicted molar refractivity (Wildman–Crippen MR) is 62.5 cm³/mol. The van der Waals surface area contributed by atoms with Crippen LogP contribution in [0.25, 0.3) is 0 Å². The number of rotatable bonds is 3. The number of imidazole rings is 1. The molecule has 0 aromatic carbocycles. The predicted octanol–water partition coefficient (Wildman–Crippen LogP) is 2.92. The van der Waals surface area contributed by atoms with Gasteiger partial charge in [0.2, 0.25) is 0 Å². The van der Waals surface area contributed by atoms with Crippen LogP contribution in [0.4, 0.5) is 0 Å². The fourth-order valence-corrected chi connectivity index (χ4v) is 2.65. The fourth-order valence-electron chi connectivity index (χ4n) is 2.40. The Hall–Kier alpha value is -0.610. The average Bonchev–Trinajstić information content (AvgIpc) is 2.58. The fraction of sp³-hybridized carbons (Fsp3) is 0.727. The zero-order valence-electron chi connectivity index (χ0n) is 9.49. The van der Waals surface area contributed by atoms with Crippen LogP contribution in [0.1, 0.15) is 33.2 Å². The normalized spacial score (nSPS) is 28.7. The molecular formula is C11H18N2OS. The second-order valence-electron chi connectivity index (χ2n) is 4.69. The molecule has 3 nitrogen and oxygen atoms in total. The van der Waals surface area contributed by atoms with Crippen molar-refractivity contribution in [3.05, 3.63) is 17.2 Å². The molecule has 0 amide bonds. The highest BCUT2D eigenvalue weighted by atomic mass is 32.1. The summed E-state index contributed by atoms with van der Waals surface area (Å²) in [7, 11) is 0. The van der Waals surface area contributed by atoms with E-state index in [9.17, 15) is 0 Å². The molecule has 2 atom stereocenters. The highest BCUT2D eigenvalue weighted by Gasteiger charge is 2.49. The Kier molecular flexibility index (Phi) is 2.73. The lowest BCUT2D eigenvalue weighted by molar-refractivity contribution is -0.128. The van der Waals surface area contributed by atoms with Crippen molar-refractivity contribution in [2.24, 2.45) is 5.41 Å². The number of aromatic nitrogens is 2. The number of hydrogen-bond acceptors (Lipinski definition) is 2. The number of nitrogens with one attached hydrogen (secondary N) is 1. The highest BCUT2D eigenvalue weighted by Crippen LogP contribution is 2.51. The van der Waals surface area contributed by atoms with Gasteiger partial charge in [-0.15, -0.1) is 0 Å². The summed E-state index contributed by atoms with van der Waals surface area (Å²) in [5.74, 6) is 0. The maximum atomic E-state index is 5.70. The van der Waals surface area contributed by atoms with Crippen LogP contribution in [-0.2, 0) is 4.74 Å². The smallest absolute Gasteiger partial charge is 0.177 e. The van der Waals surface area contributed by atoms with E-state index in [1.54, 1.807) is 0 Å². The van der Waals surface area contributed by atoms with Crippen molar-refractivity contribution >= 4 is 12.2 Å². The van der Waals surface area contributed by atoms with Gasteiger partial charge in [0.1, 0.15) is 0 Å². The molecule has 0 bridgehead atoms. The Morgan fingerprint density at radius 2 is 2.40 bits per heavy atom. The van der Waals surface area contributed by atoms with Crippen molar-refractivity contribution in [2.45, 2.75) is 39.3 Å². The molecule has 0 radical (unpaired) electrons. The van der Waals surface area contributed by atoms with Crippen molar-refractivity contribution in [3.63, 3.8) is 0 Å². The number of nitrogens with zero attached hydrogens (tertiary/aromatic N) is 1. The first-order valence-electron chi connectivity index (χ1n) is 5.44. The third kappa shape index (κ3) is 1.66. The Balaban J connectivity index is 2.16. The van der Waals surface area contributed by atoms with Gasteiger partial charge in [0.05, 0.1) is 6.10 Å². The number of ether oxygens (including phenoxy) is 1. The molecule has 1 saturated carbocycles. The summed E-state index contributed by atoms with van der Waals surface area (Å²) in [5, 5.41) is 0. The van der Waals surface area contributed by atoms with Crippen molar-refractivity contribution in [1.82, 2.24) is 9.55 Å². The lowest BCUT2D eigenvalue weighted by atomic mass is 9.64. The molecule has 1 heterocycles. The number of H-pyrrole nitrogens is 1. The summed E-state index contributed by atoms with van der Waals surface area (Å²) in [6, 6.07) is 0.466. The lowest BCUT2D eigenvalue weighted by Gasteiger charge is -2.51. The average molecular weight is 226 g/mol. The molecule has 1 aliphatic rings. The Bertz CT molecular complexity index is 393. The summed E-state index contributed by atoms with van der Waals surface area (Å²) in [5.41, 5.74) is 0.177. The maximum absolute atomic E-state index is 5.70. The monoisotopic (exact) mass is 226 g/mol. The molecule has 1 aromatic rings. The topological polar surface area (TPSA) is 29.9 Å². The molecule has 1 fully saturated rings. The van der Waals surface area contributed by atoms with Crippen LogP contribution in [0.5, 0.6) is 0 Å². The zero-order valence-corrected chi connectivity index (χ0v) is 10.3. The first-order valence-corrected chi connectivity index (χ1v) is 5.85. The van der Waals surface area contributed by atoms with E-state index >= 15 is 0 Å². The van der Waals surface area contributed by atoms with Crippen LogP contribution in [0.3, 0.4) is 0 Å². The SMILES string of the molecule is CCOC1CC(n2cc[nH]c2=S)C1(C)C. The number of hydrogen-bond donors (Lipinski definition) is 1. The van der Waals surface area contributed by atoms with E-state index in [0.29, 0.717) is 12.1 Å². The van der Waals surface area contributed by atoms with Crippen LogP contribution in [0, 0.1) is 10.2 Å². The van der Waals surface area contributed by atoms with E-state index in [2.05, 4.69) is 23.4 Å². The van der Waals surface area contributed by atoms with Gasteiger partial charge in [0.15, 0.2) is 4.77 Å². The van der Waals surface area contributed by atoms with E-state index in [1.165, 1.54) is 0 Å². The molecule has 84 valence electrons. The molecule has 15 heavy (non-hydrogen) atoms. The third-order valence-electron chi connectivity index (χ3n) is 3.51. The summed E-state index contributed by atoms with van der Waals surface area (Å²) >= 11 is 5.23. The van der Waals surface area contributed by atoms with Gasteiger partial charge in [-0.1, -0.05) is 13.8 Å². The van der Waals surface area contributed by atoms with Gasteiger partial charge in [-0.25, -0.2) is 0 Å². The van der Waals surface area contributed by atoms with Gasteiger partial charge in [-0.3, -0.25) is 0 Å². The minimum Gasteiger partial charge on any atom is -0.378 e. The highest BCUT2D eigenvalue weighted by molar-refractivity contribution is 7.71. The molecule has 1 aliphatic carbocycles. The molecule has 4 heteroatoms. The largest absolute Gasteiger partial charge is 0.378 e. The van der Waals surface area contributed by atoms with Gasteiger partial charge in [-0.2, -0.15) is 0 Å².